The van der Waals surface area contributed by atoms with Crippen LogP contribution in [0.5, 0.6) is 0 Å². The first kappa shape index (κ1) is 21.6. The zero-order valence-electron chi connectivity index (χ0n) is 19.1. The van der Waals surface area contributed by atoms with Gasteiger partial charge in [0.25, 0.3) is 0 Å². The zero-order valence-corrected chi connectivity index (χ0v) is 19.1. The molecular formula is C29H23NO5. The van der Waals surface area contributed by atoms with Gasteiger partial charge in [0.1, 0.15) is 0 Å². The van der Waals surface area contributed by atoms with E-state index in [9.17, 15) is 19.2 Å². The lowest BCUT2D eigenvalue weighted by molar-refractivity contribution is -0.144. The van der Waals surface area contributed by atoms with Gasteiger partial charge in [0.15, 0.2) is 0 Å². The van der Waals surface area contributed by atoms with Crippen LogP contribution in [0.25, 0.3) is 0 Å². The number of likely N-dealkylation sites (tertiary alicyclic amines) is 1. The summed E-state index contributed by atoms with van der Waals surface area (Å²) in [5, 5.41) is 0. The number of ketones is 2. The maximum Gasteiger partial charge on any atom is 0.237 e. The fraction of sp³-hybridized carbons (Fsp3) is 0.241. The van der Waals surface area contributed by atoms with E-state index in [0.29, 0.717) is 12.0 Å². The molecule has 6 nitrogen and oxygen atoms in total. The van der Waals surface area contributed by atoms with Crippen LogP contribution in [0.4, 0.5) is 0 Å². The minimum absolute atomic E-state index is 0.181. The molecule has 6 heteroatoms. The average Bonchev–Trinajstić information content (AvgIpc) is 3.44. The molecule has 3 aromatic carbocycles. The van der Waals surface area contributed by atoms with Crippen LogP contribution in [0.2, 0.25) is 0 Å². The number of carbonyl (C=O) groups excluding carboxylic acids is 4. The molecule has 0 N–H and O–H groups in total. The molecule has 2 aliphatic heterocycles. The van der Waals surface area contributed by atoms with Crippen LogP contribution in [-0.4, -0.2) is 40.4 Å². The van der Waals surface area contributed by atoms with E-state index < -0.39 is 46.9 Å². The van der Waals surface area contributed by atoms with Crippen LogP contribution in [-0.2, 0) is 20.7 Å². The highest BCUT2D eigenvalue weighted by Crippen LogP contribution is 2.57. The lowest BCUT2D eigenvalue weighted by atomic mass is 9.77. The summed E-state index contributed by atoms with van der Waals surface area (Å²) in [6, 6.07) is 23.5. The number of hydrogen-bond donors (Lipinski definition) is 0. The zero-order chi connectivity index (χ0) is 24.3. The molecule has 0 unspecified atom stereocenters. The van der Waals surface area contributed by atoms with Crippen molar-refractivity contribution in [3.05, 3.63) is 107 Å². The highest BCUT2D eigenvalue weighted by Gasteiger charge is 2.74. The van der Waals surface area contributed by atoms with Crippen LogP contribution >= 0.6 is 0 Å². The standard InChI is InChI=1S/C29H23NO5/c1-17-11-13-19(14-12-17)24-22-23(28(34)30(27(22)33)16-15-18-7-3-2-4-8-18)29(35-24)25(31)20-9-5-6-10-21(20)26(29)32/h2-14,22-24H,15-16H2,1H3/t22-,23+,24-/m0/s1. The molecule has 1 aliphatic carbocycles. The van der Waals surface area contributed by atoms with Crippen LogP contribution < -0.4 is 0 Å². The average molecular weight is 466 g/mol. The van der Waals surface area contributed by atoms with Crippen LogP contribution in [0.15, 0.2) is 78.9 Å². The topological polar surface area (TPSA) is 80.8 Å². The summed E-state index contributed by atoms with van der Waals surface area (Å²) >= 11 is 0. The first-order chi connectivity index (χ1) is 16.9. The number of fused-ring (bicyclic) bond motifs is 3. The minimum Gasteiger partial charge on any atom is -0.349 e. The van der Waals surface area contributed by atoms with Crippen molar-refractivity contribution in [2.24, 2.45) is 11.8 Å². The molecule has 2 saturated heterocycles. The first-order valence-electron chi connectivity index (χ1n) is 11.8. The van der Waals surface area contributed by atoms with Gasteiger partial charge in [-0.2, -0.15) is 0 Å². The smallest absolute Gasteiger partial charge is 0.237 e. The van der Waals surface area contributed by atoms with E-state index in [-0.39, 0.29) is 17.7 Å². The predicted molar refractivity (Wildman–Crippen MR) is 127 cm³/mol. The molecule has 174 valence electrons. The fourth-order valence-corrected chi connectivity index (χ4v) is 5.74. The Morgan fingerprint density at radius 1 is 0.771 bits per heavy atom. The van der Waals surface area contributed by atoms with Crippen molar-refractivity contribution in [2.45, 2.75) is 25.0 Å². The van der Waals surface area contributed by atoms with Gasteiger partial charge in [-0.25, -0.2) is 0 Å². The van der Waals surface area contributed by atoms with Gasteiger partial charge in [0.05, 0.1) is 17.9 Å². The Bertz CT molecular complexity index is 1340. The largest absolute Gasteiger partial charge is 0.349 e. The lowest BCUT2D eigenvalue weighted by Crippen LogP contribution is -2.51. The Hall–Kier alpha value is -3.90. The van der Waals surface area contributed by atoms with Crippen molar-refractivity contribution < 1.29 is 23.9 Å². The Labute approximate surface area is 202 Å². The first-order valence-corrected chi connectivity index (χ1v) is 11.8. The summed E-state index contributed by atoms with van der Waals surface area (Å²) in [4.78, 5) is 56.1. The van der Waals surface area contributed by atoms with E-state index in [4.69, 9.17) is 4.74 Å². The number of rotatable bonds is 4. The number of aryl methyl sites for hydroxylation is 1. The Morgan fingerprint density at radius 2 is 1.37 bits per heavy atom. The van der Waals surface area contributed by atoms with Crippen LogP contribution in [0, 0.1) is 18.8 Å². The second-order valence-corrected chi connectivity index (χ2v) is 9.46. The van der Waals surface area contributed by atoms with Crippen molar-refractivity contribution in [2.75, 3.05) is 6.54 Å². The second kappa shape index (κ2) is 7.82. The van der Waals surface area contributed by atoms with Gasteiger partial charge in [-0.1, -0.05) is 84.4 Å². The summed E-state index contributed by atoms with van der Waals surface area (Å²) in [5.74, 6) is -4.11. The third-order valence-corrected chi connectivity index (χ3v) is 7.48. The minimum atomic E-state index is -2.02. The summed E-state index contributed by atoms with van der Waals surface area (Å²) in [7, 11) is 0. The molecule has 2 heterocycles. The molecule has 0 radical (unpaired) electrons. The molecule has 0 bridgehead atoms. The SMILES string of the molecule is Cc1ccc([C@@H]2OC3(C(=O)c4ccccc4C3=O)[C@H]3C(=O)N(CCc4ccccc4)C(=O)[C@H]23)cc1. The van der Waals surface area contributed by atoms with E-state index in [2.05, 4.69) is 0 Å². The number of benzene rings is 3. The van der Waals surface area contributed by atoms with Crippen LogP contribution in [0.1, 0.15) is 43.5 Å². The van der Waals surface area contributed by atoms with Crippen molar-refractivity contribution in [3.8, 4) is 0 Å². The summed E-state index contributed by atoms with van der Waals surface area (Å²) in [6.07, 6.45) is -0.385. The van der Waals surface area contributed by atoms with E-state index in [1.54, 1.807) is 24.3 Å². The van der Waals surface area contributed by atoms with Gasteiger partial charge in [-0.05, 0) is 24.5 Å². The predicted octanol–water partition coefficient (Wildman–Crippen LogP) is 3.73. The van der Waals surface area contributed by atoms with Gasteiger partial charge in [-0.15, -0.1) is 0 Å². The van der Waals surface area contributed by atoms with Crippen LogP contribution in [0.3, 0.4) is 0 Å². The van der Waals surface area contributed by atoms with E-state index in [1.807, 2.05) is 61.5 Å². The van der Waals surface area contributed by atoms with E-state index in [0.717, 1.165) is 11.1 Å². The normalized spacial score (nSPS) is 24.4. The van der Waals surface area contributed by atoms with E-state index >= 15 is 0 Å². The molecule has 3 atom stereocenters. The summed E-state index contributed by atoms with van der Waals surface area (Å²) in [6.45, 7) is 2.13. The third kappa shape index (κ3) is 2.99. The number of carbonyl (C=O) groups is 4. The summed E-state index contributed by atoms with van der Waals surface area (Å²) < 4.78 is 6.29. The van der Waals surface area contributed by atoms with Gasteiger partial charge in [0.2, 0.25) is 29.0 Å². The van der Waals surface area contributed by atoms with Gasteiger partial charge < -0.3 is 4.74 Å². The van der Waals surface area contributed by atoms with Gasteiger partial charge in [0, 0.05) is 17.7 Å². The quantitative estimate of drug-likeness (QED) is 0.433. The van der Waals surface area contributed by atoms with Crippen molar-refractivity contribution in [1.29, 1.82) is 0 Å². The number of Topliss-reactive ketones (excluding diaryl/α,β-unsaturated/α-hetero) is 2. The number of amides is 2. The number of imide groups is 1. The van der Waals surface area contributed by atoms with E-state index in [1.165, 1.54) is 4.90 Å². The molecule has 6 rings (SSSR count). The van der Waals surface area contributed by atoms with Crippen molar-refractivity contribution in [3.63, 3.8) is 0 Å². The van der Waals surface area contributed by atoms with Gasteiger partial charge in [-0.3, -0.25) is 24.1 Å². The monoisotopic (exact) mass is 465 g/mol. The Morgan fingerprint density at radius 3 is 2.00 bits per heavy atom. The molecule has 3 aromatic rings. The Balaban J connectivity index is 1.44. The summed E-state index contributed by atoms with van der Waals surface area (Å²) in [5.41, 5.74) is 1.15. The molecule has 3 aliphatic rings. The number of hydrogen-bond acceptors (Lipinski definition) is 5. The van der Waals surface area contributed by atoms with Gasteiger partial charge >= 0.3 is 0 Å². The molecule has 0 aromatic heterocycles. The van der Waals surface area contributed by atoms with Crippen molar-refractivity contribution in [1.82, 2.24) is 4.90 Å². The molecule has 1 spiro atoms. The molecule has 0 saturated carbocycles. The number of nitrogens with zero attached hydrogens (tertiary/aromatic N) is 1. The Kier molecular flexibility index (Phi) is 4.83. The highest BCUT2D eigenvalue weighted by molar-refractivity contribution is 6.35. The molecular weight excluding hydrogens is 442 g/mol. The molecule has 2 amide bonds. The lowest BCUT2D eigenvalue weighted by Gasteiger charge is -2.27. The second-order valence-electron chi connectivity index (χ2n) is 9.46. The fourth-order valence-electron chi connectivity index (χ4n) is 5.74. The molecule has 2 fully saturated rings. The highest BCUT2D eigenvalue weighted by atomic mass is 16.5. The van der Waals surface area contributed by atoms with Crippen molar-refractivity contribution >= 4 is 23.4 Å². The molecule has 35 heavy (non-hydrogen) atoms. The number of ether oxygens (including phenoxy) is 1. The third-order valence-electron chi connectivity index (χ3n) is 7.48. The maximum atomic E-state index is 13.8. The maximum absolute atomic E-state index is 13.8.